The fraction of sp³-hybridized carbons (Fsp3) is 0.636. The SMILES string of the molecule is CNC(=O)Cn1cc(N[C@@H]2CS[C@@H](C)C2)cn1. The molecule has 2 atom stereocenters. The van der Waals surface area contributed by atoms with E-state index in [1.54, 1.807) is 17.9 Å². The van der Waals surface area contributed by atoms with E-state index in [0.29, 0.717) is 6.04 Å². The number of thioether (sulfide) groups is 1. The first-order chi connectivity index (χ1) is 8.17. The summed E-state index contributed by atoms with van der Waals surface area (Å²) in [6, 6.07) is 0.521. The number of nitrogens with one attached hydrogen (secondary N) is 2. The first-order valence-electron chi connectivity index (χ1n) is 5.78. The van der Waals surface area contributed by atoms with Gasteiger partial charge in [0.05, 0.1) is 11.9 Å². The van der Waals surface area contributed by atoms with Crippen LogP contribution >= 0.6 is 11.8 Å². The van der Waals surface area contributed by atoms with Crippen molar-refractivity contribution < 1.29 is 4.79 Å². The highest BCUT2D eigenvalue weighted by Crippen LogP contribution is 2.28. The zero-order valence-electron chi connectivity index (χ0n) is 10.1. The Labute approximate surface area is 105 Å². The smallest absolute Gasteiger partial charge is 0.241 e. The standard InChI is InChI=1S/C11H18N4OS/c1-8-3-9(7-17-8)14-10-4-13-15(5-10)6-11(16)12-2/h4-5,8-9,14H,3,6-7H2,1-2H3,(H,12,16)/t8-,9-/m0/s1. The van der Waals surface area contributed by atoms with Crippen LogP contribution in [0.2, 0.25) is 0 Å². The number of hydrogen-bond acceptors (Lipinski definition) is 4. The van der Waals surface area contributed by atoms with Crippen LogP contribution in [0.1, 0.15) is 13.3 Å². The Balaban J connectivity index is 1.87. The van der Waals surface area contributed by atoms with Crippen LogP contribution in [0.4, 0.5) is 5.69 Å². The molecule has 0 bridgehead atoms. The van der Waals surface area contributed by atoms with Crippen LogP contribution in [0.15, 0.2) is 12.4 Å². The molecule has 2 heterocycles. The zero-order valence-corrected chi connectivity index (χ0v) is 11.0. The molecule has 0 spiro atoms. The third kappa shape index (κ3) is 3.39. The van der Waals surface area contributed by atoms with Gasteiger partial charge < -0.3 is 10.6 Å². The Morgan fingerprint density at radius 1 is 1.71 bits per heavy atom. The maximum Gasteiger partial charge on any atom is 0.241 e. The minimum absolute atomic E-state index is 0.0373. The van der Waals surface area contributed by atoms with Gasteiger partial charge in [0.1, 0.15) is 6.54 Å². The number of carbonyl (C=O) groups is 1. The van der Waals surface area contributed by atoms with Crippen LogP contribution in [-0.2, 0) is 11.3 Å². The van der Waals surface area contributed by atoms with Crippen LogP contribution in [0.5, 0.6) is 0 Å². The summed E-state index contributed by atoms with van der Waals surface area (Å²) in [5, 5.41) is 10.9. The van der Waals surface area contributed by atoms with Gasteiger partial charge in [0.25, 0.3) is 0 Å². The van der Waals surface area contributed by atoms with E-state index in [1.165, 1.54) is 6.42 Å². The highest BCUT2D eigenvalue weighted by atomic mass is 32.2. The lowest BCUT2D eigenvalue weighted by atomic mass is 10.2. The highest BCUT2D eigenvalue weighted by Gasteiger charge is 2.21. The molecule has 0 unspecified atom stereocenters. The van der Waals surface area contributed by atoms with Gasteiger partial charge >= 0.3 is 0 Å². The van der Waals surface area contributed by atoms with Gasteiger partial charge in [-0.3, -0.25) is 9.48 Å². The van der Waals surface area contributed by atoms with Crippen molar-refractivity contribution in [2.24, 2.45) is 0 Å². The molecule has 1 aliphatic heterocycles. The predicted molar refractivity (Wildman–Crippen MR) is 70.2 cm³/mol. The maximum atomic E-state index is 11.2. The van der Waals surface area contributed by atoms with Crippen molar-refractivity contribution in [3.63, 3.8) is 0 Å². The molecule has 94 valence electrons. The quantitative estimate of drug-likeness (QED) is 0.839. The summed E-state index contributed by atoms with van der Waals surface area (Å²) in [6.45, 7) is 2.52. The van der Waals surface area contributed by atoms with Crippen molar-refractivity contribution in [3.8, 4) is 0 Å². The summed E-state index contributed by atoms with van der Waals surface area (Å²) in [5.74, 6) is 1.10. The summed E-state index contributed by atoms with van der Waals surface area (Å²) in [4.78, 5) is 11.2. The van der Waals surface area contributed by atoms with Gasteiger partial charge in [0, 0.05) is 30.3 Å². The number of aromatic nitrogens is 2. The number of likely N-dealkylation sites (N-methyl/N-ethyl adjacent to an activating group) is 1. The second-order valence-corrected chi connectivity index (χ2v) is 5.79. The van der Waals surface area contributed by atoms with Gasteiger partial charge in [-0.15, -0.1) is 0 Å². The molecule has 1 aromatic heterocycles. The molecule has 1 fully saturated rings. The molecule has 0 radical (unpaired) electrons. The van der Waals surface area contributed by atoms with E-state index < -0.39 is 0 Å². The van der Waals surface area contributed by atoms with E-state index in [9.17, 15) is 4.79 Å². The lowest BCUT2D eigenvalue weighted by Gasteiger charge is -2.10. The van der Waals surface area contributed by atoms with Crippen LogP contribution in [-0.4, -0.2) is 39.8 Å². The van der Waals surface area contributed by atoms with Gasteiger partial charge in [0.15, 0.2) is 0 Å². The molecule has 0 aliphatic carbocycles. The van der Waals surface area contributed by atoms with Crippen molar-refractivity contribution in [1.29, 1.82) is 0 Å². The lowest BCUT2D eigenvalue weighted by Crippen LogP contribution is -2.23. The van der Waals surface area contributed by atoms with Crippen LogP contribution in [0.3, 0.4) is 0 Å². The second-order valence-electron chi connectivity index (χ2n) is 4.32. The van der Waals surface area contributed by atoms with Gasteiger partial charge in [-0.05, 0) is 6.42 Å². The Hall–Kier alpha value is -1.17. The Kier molecular flexibility index (Phi) is 3.93. The van der Waals surface area contributed by atoms with Crippen LogP contribution < -0.4 is 10.6 Å². The summed E-state index contributed by atoms with van der Waals surface area (Å²) in [5.41, 5.74) is 0.994. The molecule has 0 saturated carbocycles. The van der Waals surface area contributed by atoms with Gasteiger partial charge in [-0.2, -0.15) is 16.9 Å². The van der Waals surface area contributed by atoms with Crippen molar-refractivity contribution >= 4 is 23.4 Å². The third-order valence-corrected chi connectivity index (χ3v) is 4.14. The minimum atomic E-state index is -0.0373. The maximum absolute atomic E-state index is 11.2. The van der Waals surface area contributed by atoms with Crippen molar-refractivity contribution in [3.05, 3.63) is 12.4 Å². The van der Waals surface area contributed by atoms with E-state index in [-0.39, 0.29) is 12.5 Å². The normalized spacial score (nSPS) is 23.6. The number of carbonyl (C=O) groups excluding carboxylic acids is 1. The van der Waals surface area contributed by atoms with E-state index >= 15 is 0 Å². The molecule has 6 heteroatoms. The predicted octanol–water partition coefficient (Wildman–Crippen LogP) is 0.935. The Morgan fingerprint density at radius 2 is 2.53 bits per heavy atom. The molecular formula is C11H18N4OS. The average molecular weight is 254 g/mol. The average Bonchev–Trinajstić information content (AvgIpc) is 2.89. The first kappa shape index (κ1) is 12.3. The number of hydrogen-bond donors (Lipinski definition) is 2. The fourth-order valence-electron chi connectivity index (χ4n) is 1.90. The molecule has 1 saturated heterocycles. The number of anilines is 1. The Morgan fingerprint density at radius 3 is 3.18 bits per heavy atom. The van der Waals surface area contributed by atoms with Crippen LogP contribution in [0.25, 0.3) is 0 Å². The lowest BCUT2D eigenvalue weighted by molar-refractivity contribution is -0.121. The topological polar surface area (TPSA) is 59.0 Å². The first-order valence-corrected chi connectivity index (χ1v) is 6.83. The largest absolute Gasteiger partial charge is 0.379 e. The van der Waals surface area contributed by atoms with Gasteiger partial charge in [-0.25, -0.2) is 0 Å². The summed E-state index contributed by atoms with van der Waals surface area (Å²) < 4.78 is 1.65. The summed E-state index contributed by atoms with van der Waals surface area (Å²) in [7, 11) is 1.63. The van der Waals surface area contributed by atoms with Crippen LogP contribution in [0, 0.1) is 0 Å². The zero-order chi connectivity index (χ0) is 12.3. The number of nitrogens with zero attached hydrogens (tertiary/aromatic N) is 2. The molecule has 17 heavy (non-hydrogen) atoms. The number of amides is 1. The molecule has 2 rings (SSSR count). The molecule has 2 N–H and O–H groups in total. The Bertz CT molecular complexity index is 393. The van der Waals surface area contributed by atoms with Gasteiger partial charge in [-0.1, -0.05) is 6.92 Å². The molecule has 1 aliphatic rings. The summed E-state index contributed by atoms with van der Waals surface area (Å²) >= 11 is 1.99. The third-order valence-electron chi connectivity index (χ3n) is 2.79. The van der Waals surface area contributed by atoms with Crippen molar-refractivity contribution in [2.75, 3.05) is 18.1 Å². The molecule has 5 nitrogen and oxygen atoms in total. The molecule has 0 aromatic carbocycles. The second kappa shape index (κ2) is 5.44. The monoisotopic (exact) mass is 254 g/mol. The fourth-order valence-corrected chi connectivity index (χ4v) is 3.05. The summed E-state index contributed by atoms with van der Waals surface area (Å²) in [6.07, 6.45) is 4.84. The van der Waals surface area contributed by atoms with Crippen molar-refractivity contribution in [1.82, 2.24) is 15.1 Å². The number of rotatable bonds is 4. The van der Waals surface area contributed by atoms with Crippen molar-refractivity contribution in [2.45, 2.75) is 31.2 Å². The van der Waals surface area contributed by atoms with Gasteiger partial charge in [0.2, 0.25) is 5.91 Å². The van der Waals surface area contributed by atoms with E-state index in [4.69, 9.17) is 0 Å². The molecule has 1 aromatic rings. The molecule has 1 amide bonds. The highest BCUT2D eigenvalue weighted by molar-refractivity contribution is 8.00. The van der Waals surface area contributed by atoms with E-state index in [2.05, 4.69) is 22.7 Å². The molecular weight excluding hydrogens is 236 g/mol. The van der Waals surface area contributed by atoms with E-state index in [0.717, 1.165) is 16.7 Å². The minimum Gasteiger partial charge on any atom is -0.379 e. The van der Waals surface area contributed by atoms with E-state index in [1.807, 2.05) is 18.0 Å².